The van der Waals surface area contributed by atoms with E-state index in [-0.39, 0.29) is 12.4 Å². The lowest BCUT2D eigenvalue weighted by atomic mass is 10.1. The van der Waals surface area contributed by atoms with E-state index in [9.17, 15) is 0 Å². The zero-order chi connectivity index (χ0) is 11.7. The van der Waals surface area contributed by atoms with Crippen LogP contribution >= 0.6 is 12.4 Å². The first-order valence-corrected chi connectivity index (χ1v) is 6.18. The van der Waals surface area contributed by atoms with E-state index in [2.05, 4.69) is 46.5 Å². The van der Waals surface area contributed by atoms with Gasteiger partial charge in [-0.15, -0.1) is 12.4 Å². The first-order valence-electron chi connectivity index (χ1n) is 6.18. The van der Waals surface area contributed by atoms with Crippen molar-refractivity contribution in [2.45, 2.75) is 25.8 Å². The van der Waals surface area contributed by atoms with Crippen molar-refractivity contribution in [3.05, 3.63) is 41.9 Å². The Morgan fingerprint density at radius 2 is 2.22 bits per heavy atom. The summed E-state index contributed by atoms with van der Waals surface area (Å²) < 4.78 is 0. The summed E-state index contributed by atoms with van der Waals surface area (Å²) in [7, 11) is 0. The van der Waals surface area contributed by atoms with E-state index in [0.717, 1.165) is 18.1 Å². The lowest BCUT2D eigenvalue weighted by molar-refractivity contribution is 0.613. The van der Waals surface area contributed by atoms with Crippen molar-refractivity contribution in [3.63, 3.8) is 0 Å². The number of rotatable bonds is 2. The number of imidazole rings is 1. The minimum Gasteiger partial charge on any atom is -0.341 e. The fraction of sp³-hybridized carbons (Fsp3) is 0.357. The summed E-state index contributed by atoms with van der Waals surface area (Å²) >= 11 is 0. The lowest BCUT2D eigenvalue weighted by Gasteiger charge is -2.05. The summed E-state index contributed by atoms with van der Waals surface area (Å²) in [6.45, 7) is 3.21. The Morgan fingerprint density at radius 1 is 1.33 bits per heavy atom. The third kappa shape index (κ3) is 2.57. The molecule has 0 aliphatic carbocycles. The zero-order valence-corrected chi connectivity index (χ0v) is 11.3. The Kier molecular flexibility index (Phi) is 4.04. The molecule has 0 amide bonds. The van der Waals surface area contributed by atoms with E-state index in [1.165, 1.54) is 24.0 Å². The van der Waals surface area contributed by atoms with Gasteiger partial charge in [0.25, 0.3) is 0 Å². The van der Waals surface area contributed by atoms with Gasteiger partial charge in [0.05, 0.1) is 17.9 Å². The SMILES string of the molecule is Cc1cccc(-c2cnc([C@@H]3CCCN3)[nH]2)c1.Cl. The van der Waals surface area contributed by atoms with Crippen LogP contribution in [0.2, 0.25) is 0 Å². The van der Waals surface area contributed by atoms with Gasteiger partial charge in [0.2, 0.25) is 0 Å². The average molecular weight is 264 g/mol. The third-order valence-corrected chi connectivity index (χ3v) is 3.31. The fourth-order valence-corrected chi connectivity index (χ4v) is 2.39. The summed E-state index contributed by atoms with van der Waals surface area (Å²) in [5.41, 5.74) is 3.59. The van der Waals surface area contributed by atoms with Crippen LogP contribution in [-0.4, -0.2) is 16.5 Å². The molecule has 3 rings (SSSR count). The van der Waals surface area contributed by atoms with Gasteiger partial charge in [-0.05, 0) is 37.9 Å². The number of hydrogen-bond acceptors (Lipinski definition) is 2. The predicted molar refractivity (Wildman–Crippen MR) is 76.0 cm³/mol. The largest absolute Gasteiger partial charge is 0.341 e. The molecule has 1 aromatic heterocycles. The summed E-state index contributed by atoms with van der Waals surface area (Å²) in [4.78, 5) is 7.91. The molecule has 18 heavy (non-hydrogen) atoms. The van der Waals surface area contributed by atoms with Crippen molar-refractivity contribution in [3.8, 4) is 11.3 Å². The first-order chi connectivity index (χ1) is 8.33. The van der Waals surface area contributed by atoms with Gasteiger partial charge in [-0.1, -0.05) is 23.8 Å². The molecule has 1 atom stereocenters. The van der Waals surface area contributed by atoms with E-state index in [1.807, 2.05) is 6.20 Å². The van der Waals surface area contributed by atoms with E-state index in [1.54, 1.807) is 0 Å². The van der Waals surface area contributed by atoms with Crippen molar-refractivity contribution < 1.29 is 0 Å². The molecular formula is C14H18ClN3. The van der Waals surface area contributed by atoms with E-state index < -0.39 is 0 Å². The maximum absolute atomic E-state index is 4.49. The smallest absolute Gasteiger partial charge is 0.123 e. The topological polar surface area (TPSA) is 40.7 Å². The highest BCUT2D eigenvalue weighted by molar-refractivity contribution is 5.85. The van der Waals surface area contributed by atoms with Crippen molar-refractivity contribution in [2.24, 2.45) is 0 Å². The third-order valence-electron chi connectivity index (χ3n) is 3.31. The molecule has 2 heterocycles. The van der Waals surface area contributed by atoms with Gasteiger partial charge >= 0.3 is 0 Å². The van der Waals surface area contributed by atoms with Crippen LogP contribution in [0.15, 0.2) is 30.5 Å². The molecule has 1 fully saturated rings. The van der Waals surface area contributed by atoms with Crippen LogP contribution in [0.3, 0.4) is 0 Å². The van der Waals surface area contributed by atoms with E-state index in [4.69, 9.17) is 0 Å². The normalized spacial score (nSPS) is 18.6. The van der Waals surface area contributed by atoms with Crippen LogP contribution < -0.4 is 5.32 Å². The second kappa shape index (κ2) is 5.55. The molecule has 2 N–H and O–H groups in total. The number of halogens is 1. The summed E-state index contributed by atoms with van der Waals surface area (Å²) in [6.07, 6.45) is 4.36. The highest BCUT2D eigenvalue weighted by Crippen LogP contribution is 2.24. The average Bonchev–Trinajstić information content (AvgIpc) is 3.00. The number of hydrogen-bond donors (Lipinski definition) is 2. The number of aromatic nitrogens is 2. The van der Waals surface area contributed by atoms with Crippen LogP contribution in [0.25, 0.3) is 11.3 Å². The van der Waals surface area contributed by atoms with Gasteiger partial charge in [-0.3, -0.25) is 0 Å². The summed E-state index contributed by atoms with van der Waals surface area (Å²) in [5, 5.41) is 3.46. The Morgan fingerprint density at radius 3 is 2.94 bits per heavy atom. The van der Waals surface area contributed by atoms with Gasteiger partial charge in [-0.25, -0.2) is 4.98 Å². The first kappa shape index (κ1) is 13.1. The molecule has 1 aliphatic rings. The maximum atomic E-state index is 4.49. The highest BCUT2D eigenvalue weighted by atomic mass is 35.5. The molecule has 96 valence electrons. The molecule has 4 heteroatoms. The molecule has 0 radical (unpaired) electrons. The van der Waals surface area contributed by atoms with Crippen LogP contribution in [-0.2, 0) is 0 Å². The highest BCUT2D eigenvalue weighted by Gasteiger charge is 2.19. The van der Waals surface area contributed by atoms with E-state index >= 15 is 0 Å². The van der Waals surface area contributed by atoms with Crippen molar-refractivity contribution in [1.29, 1.82) is 0 Å². The van der Waals surface area contributed by atoms with E-state index in [0.29, 0.717) is 6.04 Å². The van der Waals surface area contributed by atoms with Crippen molar-refractivity contribution >= 4 is 12.4 Å². The van der Waals surface area contributed by atoms with Crippen LogP contribution in [0.1, 0.15) is 30.3 Å². The Balaban J connectivity index is 0.00000120. The fourth-order valence-electron chi connectivity index (χ4n) is 2.39. The number of aromatic amines is 1. The molecule has 1 aliphatic heterocycles. The standard InChI is InChI=1S/C14H17N3.ClH/c1-10-4-2-5-11(8-10)13-9-16-14(17-13)12-6-3-7-15-12;/h2,4-5,8-9,12,15H,3,6-7H2,1H3,(H,16,17);1H/t12-;/m0./s1. The molecule has 0 spiro atoms. The van der Waals surface area contributed by atoms with Crippen LogP contribution in [0, 0.1) is 6.92 Å². The molecule has 0 saturated carbocycles. The minimum atomic E-state index is 0. The van der Waals surface area contributed by atoms with Gasteiger partial charge in [-0.2, -0.15) is 0 Å². The molecule has 0 bridgehead atoms. The van der Waals surface area contributed by atoms with Gasteiger partial charge in [0.1, 0.15) is 5.82 Å². The zero-order valence-electron chi connectivity index (χ0n) is 10.4. The van der Waals surface area contributed by atoms with Crippen molar-refractivity contribution in [1.82, 2.24) is 15.3 Å². The summed E-state index contributed by atoms with van der Waals surface area (Å²) in [6, 6.07) is 8.90. The lowest BCUT2D eigenvalue weighted by Crippen LogP contribution is -2.14. The van der Waals surface area contributed by atoms with Gasteiger partial charge in [0, 0.05) is 0 Å². The summed E-state index contributed by atoms with van der Waals surface area (Å²) in [5.74, 6) is 1.07. The minimum absolute atomic E-state index is 0. The van der Waals surface area contributed by atoms with Crippen molar-refractivity contribution in [2.75, 3.05) is 6.54 Å². The monoisotopic (exact) mass is 263 g/mol. The second-order valence-corrected chi connectivity index (χ2v) is 4.70. The Labute approximate surface area is 113 Å². The Hall–Kier alpha value is -1.32. The van der Waals surface area contributed by atoms with Crippen LogP contribution in [0.4, 0.5) is 0 Å². The van der Waals surface area contributed by atoms with Gasteiger partial charge < -0.3 is 10.3 Å². The predicted octanol–water partition coefficient (Wildman–Crippen LogP) is 3.23. The molecule has 3 nitrogen and oxygen atoms in total. The van der Waals surface area contributed by atoms with Crippen LogP contribution in [0.5, 0.6) is 0 Å². The molecule has 0 unspecified atom stereocenters. The molecule has 1 saturated heterocycles. The second-order valence-electron chi connectivity index (χ2n) is 4.70. The number of nitrogens with one attached hydrogen (secondary N) is 2. The number of nitrogens with zero attached hydrogens (tertiary/aromatic N) is 1. The maximum Gasteiger partial charge on any atom is 0.123 e. The Bertz CT molecular complexity index is 515. The molecule has 1 aromatic carbocycles. The number of benzene rings is 1. The molecular weight excluding hydrogens is 246 g/mol. The quantitative estimate of drug-likeness (QED) is 0.873. The number of aryl methyl sites for hydroxylation is 1. The number of H-pyrrole nitrogens is 1. The molecule has 2 aromatic rings. The van der Waals surface area contributed by atoms with Gasteiger partial charge in [0.15, 0.2) is 0 Å².